The maximum Gasteiger partial charge on any atom is 0.120 e. The van der Waals surface area contributed by atoms with Crippen molar-refractivity contribution >= 4 is 0 Å². The molecule has 1 saturated heterocycles. The minimum absolute atomic E-state index is 0.143. The van der Waals surface area contributed by atoms with E-state index in [4.69, 9.17) is 4.74 Å². The number of rotatable bonds is 3. The average molecular weight is 235 g/mol. The molecule has 2 N–H and O–H groups in total. The van der Waals surface area contributed by atoms with Crippen LogP contribution in [-0.2, 0) is 4.74 Å². The number of phenols is 1. The Morgan fingerprint density at radius 2 is 2.24 bits per heavy atom. The van der Waals surface area contributed by atoms with Gasteiger partial charge in [0, 0.05) is 24.3 Å². The largest absolute Gasteiger partial charge is 0.508 e. The quantitative estimate of drug-likeness (QED) is 0.846. The summed E-state index contributed by atoms with van der Waals surface area (Å²) in [6, 6.07) is 6.24. The zero-order valence-electron chi connectivity index (χ0n) is 10.7. The molecule has 3 nitrogen and oxygen atoms in total. The van der Waals surface area contributed by atoms with E-state index >= 15 is 0 Å². The van der Waals surface area contributed by atoms with Crippen molar-refractivity contribution in [2.24, 2.45) is 0 Å². The van der Waals surface area contributed by atoms with E-state index in [9.17, 15) is 5.11 Å². The van der Waals surface area contributed by atoms with Crippen LogP contribution < -0.4 is 5.32 Å². The summed E-state index contributed by atoms with van der Waals surface area (Å²) >= 11 is 0. The first-order chi connectivity index (χ1) is 8.08. The number of benzene rings is 1. The predicted octanol–water partition coefficient (Wildman–Crippen LogP) is 2.53. The Kier molecular flexibility index (Phi) is 3.69. The first-order valence-corrected chi connectivity index (χ1v) is 6.25. The van der Waals surface area contributed by atoms with E-state index in [1.807, 2.05) is 19.1 Å². The van der Waals surface area contributed by atoms with Gasteiger partial charge in [0.15, 0.2) is 0 Å². The Labute approximate surface area is 103 Å². The third kappa shape index (κ3) is 2.79. The summed E-state index contributed by atoms with van der Waals surface area (Å²) in [5.74, 6) is 0.363. The molecular weight excluding hydrogens is 214 g/mol. The first kappa shape index (κ1) is 12.4. The summed E-state index contributed by atoms with van der Waals surface area (Å²) in [5, 5.41) is 13.4. The maximum absolute atomic E-state index is 9.87. The van der Waals surface area contributed by atoms with E-state index < -0.39 is 0 Å². The molecule has 0 aromatic heterocycles. The van der Waals surface area contributed by atoms with Crippen LogP contribution in [0.3, 0.4) is 0 Å². The van der Waals surface area contributed by atoms with Crippen LogP contribution in [-0.4, -0.2) is 23.9 Å². The number of phenolic OH excluding ortho intramolecular Hbond substituents is 1. The number of hydrogen-bond donors (Lipinski definition) is 2. The second-order valence-corrected chi connectivity index (χ2v) is 4.92. The topological polar surface area (TPSA) is 41.5 Å². The van der Waals surface area contributed by atoms with Crippen molar-refractivity contribution in [2.45, 2.75) is 45.4 Å². The molecule has 0 bridgehead atoms. The van der Waals surface area contributed by atoms with Gasteiger partial charge in [-0.25, -0.2) is 0 Å². The minimum atomic E-state index is 0.143. The van der Waals surface area contributed by atoms with Crippen LogP contribution >= 0.6 is 0 Å². The van der Waals surface area contributed by atoms with Gasteiger partial charge in [0.25, 0.3) is 0 Å². The molecule has 2 rings (SSSR count). The van der Waals surface area contributed by atoms with Crippen molar-refractivity contribution in [3.05, 3.63) is 29.3 Å². The lowest BCUT2D eigenvalue weighted by molar-refractivity contribution is 0.111. The van der Waals surface area contributed by atoms with Crippen molar-refractivity contribution in [3.8, 4) is 5.75 Å². The summed E-state index contributed by atoms with van der Waals surface area (Å²) in [5.41, 5.74) is 2.13. The van der Waals surface area contributed by atoms with E-state index in [1.165, 1.54) is 5.56 Å². The molecule has 1 aliphatic rings. The Morgan fingerprint density at radius 3 is 2.88 bits per heavy atom. The van der Waals surface area contributed by atoms with Crippen LogP contribution in [0.4, 0.5) is 0 Å². The molecule has 1 aliphatic heterocycles. The molecule has 1 fully saturated rings. The summed E-state index contributed by atoms with van der Waals surface area (Å²) in [7, 11) is 0. The third-order valence-corrected chi connectivity index (χ3v) is 3.49. The lowest BCUT2D eigenvalue weighted by atomic mass is 10.0. The monoisotopic (exact) mass is 235 g/mol. The van der Waals surface area contributed by atoms with Crippen molar-refractivity contribution in [1.82, 2.24) is 5.32 Å². The van der Waals surface area contributed by atoms with E-state index in [0.717, 1.165) is 18.6 Å². The Balaban J connectivity index is 2.08. The Hall–Kier alpha value is -1.06. The van der Waals surface area contributed by atoms with Gasteiger partial charge in [0.1, 0.15) is 5.75 Å². The summed E-state index contributed by atoms with van der Waals surface area (Å²) < 4.78 is 5.53. The van der Waals surface area contributed by atoms with Crippen LogP contribution in [0.5, 0.6) is 5.75 Å². The summed E-state index contributed by atoms with van der Waals surface area (Å²) in [6.45, 7) is 7.04. The van der Waals surface area contributed by atoms with Crippen molar-refractivity contribution in [2.75, 3.05) is 6.61 Å². The number of nitrogens with one attached hydrogen (secondary N) is 1. The molecule has 0 radical (unpaired) electrons. The zero-order valence-corrected chi connectivity index (χ0v) is 10.7. The van der Waals surface area contributed by atoms with Gasteiger partial charge in [-0.05, 0) is 33.3 Å². The summed E-state index contributed by atoms with van der Waals surface area (Å²) in [6.07, 6.45) is 1.29. The van der Waals surface area contributed by atoms with Crippen LogP contribution in [0, 0.1) is 6.92 Å². The van der Waals surface area contributed by atoms with Gasteiger partial charge >= 0.3 is 0 Å². The number of hydrogen-bond acceptors (Lipinski definition) is 3. The highest BCUT2D eigenvalue weighted by molar-refractivity contribution is 5.37. The van der Waals surface area contributed by atoms with Gasteiger partial charge in [0.05, 0.1) is 6.10 Å². The Bertz CT molecular complexity index is 392. The average Bonchev–Trinajstić information content (AvgIpc) is 2.68. The zero-order chi connectivity index (χ0) is 12.4. The maximum atomic E-state index is 9.87. The normalized spacial score (nSPS) is 26.1. The number of aromatic hydroxyl groups is 1. The predicted molar refractivity (Wildman–Crippen MR) is 68.2 cm³/mol. The molecule has 1 aromatic rings. The van der Waals surface area contributed by atoms with Crippen LogP contribution in [0.15, 0.2) is 18.2 Å². The van der Waals surface area contributed by atoms with Gasteiger partial charge in [-0.15, -0.1) is 0 Å². The van der Waals surface area contributed by atoms with E-state index in [-0.39, 0.29) is 12.1 Å². The van der Waals surface area contributed by atoms with E-state index in [0.29, 0.717) is 11.8 Å². The smallest absolute Gasteiger partial charge is 0.120 e. The molecular formula is C14H21NO2. The molecule has 3 atom stereocenters. The molecule has 17 heavy (non-hydrogen) atoms. The van der Waals surface area contributed by atoms with Crippen LogP contribution in [0.25, 0.3) is 0 Å². The van der Waals surface area contributed by atoms with Crippen molar-refractivity contribution in [1.29, 1.82) is 0 Å². The standard InChI is InChI=1S/C14H21NO2/c1-9-4-5-14(16)12(8-9)10(2)15-13-6-7-17-11(13)3/h4-5,8,10-11,13,15-16H,6-7H2,1-3H3. The highest BCUT2D eigenvalue weighted by Gasteiger charge is 2.26. The molecule has 94 valence electrons. The third-order valence-electron chi connectivity index (χ3n) is 3.49. The fourth-order valence-electron chi connectivity index (χ4n) is 2.38. The molecule has 0 aliphatic carbocycles. The minimum Gasteiger partial charge on any atom is -0.508 e. The highest BCUT2D eigenvalue weighted by Crippen LogP contribution is 2.26. The van der Waals surface area contributed by atoms with Crippen molar-refractivity contribution < 1.29 is 9.84 Å². The molecule has 0 saturated carbocycles. The molecule has 3 unspecified atom stereocenters. The second-order valence-electron chi connectivity index (χ2n) is 4.92. The molecule has 1 aromatic carbocycles. The first-order valence-electron chi connectivity index (χ1n) is 6.25. The highest BCUT2D eigenvalue weighted by atomic mass is 16.5. The van der Waals surface area contributed by atoms with Crippen LogP contribution in [0.2, 0.25) is 0 Å². The lowest BCUT2D eigenvalue weighted by Gasteiger charge is -2.23. The lowest BCUT2D eigenvalue weighted by Crippen LogP contribution is -2.36. The Morgan fingerprint density at radius 1 is 1.47 bits per heavy atom. The molecule has 0 amide bonds. The van der Waals surface area contributed by atoms with Crippen molar-refractivity contribution in [3.63, 3.8) is 0 Å². The molecule has 3 heteroatoms. The molecule has 0 spiro atoms. The SMILES string of the molecule is Cc1ccc(O)c(C(C)NC2CCOC2C)c1. The van der Waals surface area contributed by atoms with Gasteiger partial charge < -0.3 is 15.2 Å². The summed E-state index contributed by atoms with van der Waals surface area (Å²) in [4.78, 5) is 0. The van der Waals surface area contributed by atoms with Gasteiger partial charge in [-0.3, -0.25) is 0 Å². The number of aryl methyl sites for hydroxylation is 1. The fraction of sp³-hybridized carbons (Fsp3) is 0.571. The fourth-order valence-corrected chi connectivity index (χ4v) is 2.38. The number of ether oxygens (including phenoxy) is 1. The van der Waals surface area contributed by atoms with Gasteiger partial charge in [-0.2, -0.15) is 0 Å². The van der Waals surface area contributed by atoms with E-state index in [2.05, 4.69) is 19.2 Å². The van der Waals surface area contributed by atoms with E-state index in [1.54, 1.807) is 6.07 Å². The van der Waals surface area contributed by atoms with Gasteiger partial charge in [0.2, 0.25) is 0 Å². The molecule has 1 heterocycles. The van der Waals surface area contributed by atoms with Crippen LogP contribution in [0.1, 0.15) is 37.4 Å². The second kappa shape index (κ2) is 5.07. The van der Waals surface area contributed by atoms with Gasteiger partial charge in [-0.1, -0.05) is 17.7 Å².